The summed E-state index contributed by atoms with van der Waals surface area (Å²) in [5.41, 5.74) is 0. The van der Waals surface area contributed by atoms with E-state index in [0.29, 0.717) is 0 Å². The summed E-state index contributed by atoms with van der Waals surface area (Å²) in [5, 5.41) is 7.50. The molecule has 0 spiro atoms. The zero-order valence-corrected chi connectivity index (χ0v) is 11.6. The van der Waals surface area contributed by atoms with E-state index >= 15 is 0 Å². The van der Waals surface area contributed by atoms with Crippen molar-refractivity contribution in [3.8, 4) is 0 Å². The summed E-state index contributed by atoms with van der Waals surface area (Å²) < 4.78 is 1.90. The Labute approximate surface area is 118 Å². The molecule has 1 fully saturated rings. The zero-order chi connectivity index (χ0) is 13.6. The second kappa shape index (κ2) is 6.36. The fourth-order valence-corrected chi connectivity index (χ4v) is 2.47. The highest BCUT2D eigenvalue weighted by molar-refractivity contribution is 5.48. The van der Waals surface area contributed by atoms with Crippen LogP contribution in [-0.2, 0) is 6.54 Å². The van der Waals surface area contributed by atoms with Crippen LogP contribution in [0.1, 0.15) is 19.3 Å². The molecule has 0 amide bonds. The van der Waals surface area contributed by atoms with Crippen LogP contribution in [0.25, 0.3) is 0 Å². The van der Waals surface area contributed by atoms with Crippen molar-refractivity contribution in [1.29, 1.82) is 0 Å². The van der Waals surface area contributed by atoms with Crippen molar-refractivity contribution in [3.63, 3.8) is 0 Å². The normalized spacial score (nSPS) is 15.3. The number of hydrogen-bond acceptors (Lipinski definition) is 5. The minimum Gasteiger partial charge on any atom is -0.368 e. The molecule has 2 aromatic rings. The number of anilines is 2. The average molecular weight is 272 g/mol. The summed E-state index contributed by atoms with van der Waals surface area (Å²) in [7, 11) is 0. The first kappa shape index (κ1) is 12.9. The smallest absolute Gasteiger partial charge is 0.134 e. The Morgan fingerprint density at radius 1 is 1.15 bits per heavy atom. The minimum atomic E-state index is 0.804. The molecule has 0 unspecified atom stereocenters. The standard InChI is InChI=1S/C14H20N6/c1-2-7-19(8-3-1)14-11-13(16-12-17-14)15-6-10-20-9-4-5-18-20/h4-5,9,11-12H,1-3,6-8,10H2,(H,15,16,17). The van der Waals surface area contributed by atoms with Gasteiger partial charge in [-0.2, -0.15) is 5.10 Å². The third kappa shape index (κ3) is 3.26. The van der Waals surface area contributed by atoms with E-state index in [4.69, 9.17) is 0 Å². The topological polar surface area (TPSA) is 58.9 Å². The molecule has 1 N–H and O–H groups in total. The third-order valence-corrected chi connectivity index (χ3v) is 3.54. The molecule has 0 saturated carbocycles. The maximum absolute atomic E-state index is 4.38. The number of nitrogens with one attached hydrogen (secondary N) is 1. The maximum atomic E-state index is 4.38. The van der Waals surface area contributed by atoms with Crippen LogP contribution in [0, 0.1) is 0 Å². The van der Waals surface area contributed by atoms with Gasteiger partial charge >= 0.3 is 0 Å². The fraction of sp³-hybridized carbons (Fsp3) is 0.500. The predicted octanol–water partition coefficient (Wildman–Crippen LogP) is 1.78. The lowest BCUT2D eigenvalue weighted by Crippen LogP contribution is -2.30. The van der Waals surface area contributed by atoms with Crippen molar-refractivity contribution in [2.24, 2.45) is 0 Å². The van der Waals surface area contributed by atoms with Crippen LogP contribution in [0.4, 0.5) is 11.6 Å². The number of hydrogen-bond donors (Lipinski definition) is 1. The van der Waals surface area contributed by atoms with Crippen LogP contribution < -0.4 is 10.2 Å². The summed E-state index contributed by atoms with van der Waals surface area (Å²) in [4.78, 5) is 11.0. The van der Waals surface area contributed by atoms with Gasteiger partial charge in [0.1, 0.15) is 18.0 Å². The van der Waals surface area contributed by atoms with Crippen molar-refractivity contribution in [2.45, 2.75) is 25.8 Å². The molecule has 1 saturated heterocycles. The molecule has 20 heavy (non-hydrogen) atoms. The largest absolute Gasteiger partial charge is 0.368 e. The molecule has 0 atom stereocenters. The lowest BCUT2D eigenvalue weighted by molar-refractivity contribution is 0.573. The van der Waals surface area contributed by atoms with Crippen LogP contribution in [0.15, 0.2) is 30.9 Å². The van der Waals surface area contributed by atoms with Gasteiger partial charge in [-0.25, -0.2) is 9.97 Å². The van der Waals surface area contributed by atoms with E-state index in [-0.39, 0.29) is 0 Å². The molecule has 1 aliphatic heterocycles. The summed E-state index contributed by atoms with van der Waals surface area (Å²) in [5.74, 6) is 1.91. The summed E-state index contributed by atoms with van der Waals surface area (Å²) in [6.45, 7) is 3.83. The molecule has 0 radical (unpaired) electrons. The van der Waals surface area contributed by atoms with Crippen molar-refractivity contribution in [2.75, 3.05) is 29.9 Å². The van der Waals surface area contributed by atoms with Gasteiger partial charge in [0.2, 0.25) is 0 Å². The van der Waals surface area contributed by atoms with E-state index < -0.39 is 0 Å². The Hall–Kier alpha value is -2.11. The Morgan fingerprint density at radius 2 is 2.05 bits per heavy atom. The minimum absolute atomic E-state index is 0.804. The van der Waals surface area contributed by atoms with Gasteiger partial charge in [0.25, 0.3) is 0 Å². The highest BCUT2D eigenvalue weighted by Crippen LogP contribution is 2.18. The molecule has 106 valence electrons. The predicted molar refractivity (Wildman–Crippen MR) is 78.8 cm³/mol. The van der Waals surface area contributed by atoms with E-state index in [2.05, 4.69) is 25.3 Å². The van der Waals surface area contributed by atoms with E-state index in [0.717, 1.165) is 37.8 Å². The van der Waals surface area contributed by atoms with Crippen LogP contribution in [-0.4, -0.2) is 39.4 Å². The van der Waals surface area contributed by atoms with Crippen molar-refractivity contribution >= 4 is 11.6 Å². The summed E-state index contributed by atoms with van der Waals surface area (Å²) in [6.07, 6.45) is 9.23. The quantitative estimate of drug-likeness (QED) is 0.899. The second-order valence-corrected chi connectivity index (χ2v) is 5.01. The Morgan fingerprint density at radius 3 is 2.85 bits per heavy atom. The van der Waals surface area contributed by atoms with Gasteiger partial charge in [0, 0.05) is 38.1 Å². The van der Waals surface area contributed by atoms with Gasteiger partial charge in [0.05, 0.1) is 6.54 Å². The summed E-state index contributed by atoms with van der Waals surface area (Å²) >= 11 is 0. The Bertz CT molecular complexity index is 518. The molecule has 3 heterocycles. The average Bonchev–Trinajstić information content (AvgIpc) is 3.02. The number of piperidine rings is 1. The van der Waals surface area contributed by atoms with Crippen molar-refractivity contribution in [3.05, 3.63) is 30.9 Å². The van der Waals surface area contributed by atoms with Gasteiger partial charge in [-0.05, 0) is 25.3 Å². The van der Waals surface area contributed by atoms with Gasteiger partial charge < -0.3 is 10.2 Å². The monoisotopic (exact) mass is 272 g/mol. The number of aromatic nitrogens is 4. The molecule has 6 nitrogen and oxygen atoms in total. The first-order valence-electron chi connectivity index (χ1n) is 7.20. The van der Waals surface area contributed by atoms with Crippen molar-refractivity contribution in [1.82, 2.24) is 19.7 Å². The first-order chi connectivity index (χ1) is 9.92. The van der Waals surface area contributed by atoms with Gasteiger partial charge in [0.15, 0.2) is 0 Å². The Balaban J connectivity index is 1.56. The fourth-order valence-electron chi connectivity index (χ4n) is 2.47. The molecular formula is C14H20N6. The second-order valence-electron chi connectivity index (χ2n) is 5.01. The highest BCUT2D eigenvalue weighted by atomic mass is 15.3. The zero-order valence-electron chi connectivity index (χ0n) is 11.6. The van der Waals surface area contributed by atoms with E-state index in [1.54, 1.807) is 12.5 Å². The van der Waals surface area contributed by atoms with Gasteiger partial charge in [-0.15, -0.1) is 0 Å². The molecule has 6 heteroatoms. The van der Waals surface area contributed by atoms with Gasteiger partial charge in [-0.1, -0.05) is 0 Å². The van der Waals surface area contributed by atoms with Gasteiger partial charge in [-0.3, -0.25) is 4.68 Å². The molecule has 2 aromatic heterocycles. The van der Waals surface area contributed by atoms with Crippen LogP contribution in [0.5, 0.6) is 0 Å². The lowest BCUT2D eigenvalue weighted by Gasteiger charge is -2.27. The SMILES string of the molecule is c1cnn(CCNc2cc(N3CCCCC3)ncn2)c1. The van der Waals surface area contributed by atoms with E-state index in [1.165, 1.54) is 19.3 Å². The van der Waals surface area contributed by atoms with Crippen molar-refractivity contribution < 1.29 is 0 Å². The number of rotatable bonds is 5. The first-order valence-corrected chi connectivity index (χ1v) is 7.20. The molecule has 1 aliphatic rings. The number of nitrogens with zero attached hydrogens (tertiary/aromatic N) is 5. The Kier molecular flexibility index (Phi) is 4.10. The third-order valence-electron chi connectivity index (χ3n) is 3.54. The molecule has 3 rings (SSSR count). The van der Waals surface area contributed by atoms with Crippen LogP contribution in [0.2, 0.25) is 0 Å². The molecule has 0 bridgehead atoms. The highest BCUT2D eigenvalue weighted by Gasteiger charge is 2.12. The molecule has 0 aliphatic carbocycles. The molecular weight excluding hydrogens is 252 g/mol. The lowest BCUT2D eigenvalue weighted by atomic mass is 10.1. The summed E-state index contributed by atoms with van der Waals surface area (Å²) in [6, 6.07) is 3.97. The molecule has 0 aromatic carbocycles. The van der Waals surface area contributed by atoms with Crippen LogP contribution >= 0.6 is 0 Å². The van der Waals surface area contributed by atoms with E-state index in [1.807, 2.05) is 23.0 Å². The maximum Gasteiger partial charge on any atom is 0.134 e. The van der Waals surface area contributed by atoms with Crippen LogP contribution in [0.3, 0.4) is 0 Å². The van der Waals surface area contributed by atoms with E-state index in [9.17, 15) is 0 Å².